The van der Waals surface area contributed by atoms with Gasteiger partial charge in [0.05, 0.1) is 18.1 Å². The third-order valence-electron chi connectivity index (χ3n) is 4.44. The van der Waals surface area contributed by atoms with Crippen LogP contribution < -0.4 is 15.4 Å². The summed E-state index contributed by atoms with van der Waals surface area (Å²) in [5.74, 6) is 0.217. The summed E-state index contributed by atoms with van der Waals surface area (Å²) in [6, 6.07) is 17.6. The van der Waals surface area contributed by atoms with E-state index in [1.807, 2.05) is 24.3 Å². The monoisotopic (exact) mass is 384 g/mol. The molecule has 1 aliphatic rings. The standard InChI is InChI=1S/C22H16N4O3/c23-12-14-3-1-4-17(10-14)29-22-18(5-2-8-24-22)21(28)25-13-15-6-7-19-16(9-15)11-20(27)26-19/h1-10H,11,13H2,(H,25,28)(H,26,27). The molecular formula is C22H16N4O3. The number of anilines is 1. The summed E-state index contributed by atoms with van der Waals surface area (Å²) >= 11 is 0. The Balaban J connectivity index is 1.47. The van der Waals surface area contributed by atoms with Gasteiger partial charge in [0.25, 0.3) is 5.91 Å². The van der Waals surface area contributed by atoms with Crippen molar-refractivity contribution in [1.29, 1.82) is 5.26 Å². The Morgan fingerprint density at radius 3 is 2.97 bits per heavy atom. The van der Waals surface area contributed by atoms with Gasteiger partial charge in [-0.25, -0.2) is 4.98 Å². The van der Waals surface area contributed by atoms with Crippen molar-refractivity contribution >= 4 is 17.5 Å². The molecule has 2 N–H and O–H groups in total. The van der Waals surface area contributed by atoms with Gasteiger partial charge in [0.1, 0.15) is 11.3 Å². The lowest BCUT2D eigenvalue weighted by atomic mass is 10.1. The Morgan fingerprint density at radius 2 is 2.10 bits per heavy atom. The van der Waals surface area contributed by atoms with Crippen LogP contribution in [0.1, 0.15) is 27.0 Å². The lowest BCUT2D eigenvalue weighted by Gasteiger charge is -2.11. The van der Waals surface area contributed by atoms with Crippen molar-refractivity contribution in [2.45, 2.75) is 13.0 Å². The normalized spacial score (nSPS) is 11.9. The van der Waals surface area contributed by atoms with Gasteiger partial charge >= 0.3 is 0 Å². The number of nitriles is 1. The quantitative estimate of drug-likeness (QED) is 0.703. The van der Waals surface area contributed by atoms with Crippen LogP contribution in [0.4, 0.5) is 5.69 Å². The van der Waals surface area contributed by atoms with Gasteiger partial charge in [-0.15, -0.1) is 0 Å². The first-order chi connectivity index (χ1) is 14.1. The molecule has 2 amide bonds. The number of fused-ring (bicyclic) bond motifs is 1. The highest BCUT2D eigenvalue weighted by Crippen LogP contribution is 2.25. The summed E-state index contributed by atoms with van der Waals surface area (Å²) in [5, 5.41) is 14.6. The molecule has 1 aromatic heterocycles. The molecule has 7 heteroatoms. The first-order valence-electron chi connectivity index (χ1n) is 8.95. The highest BCUT2D eigenvalue weighted by atomic mass is 16.5. The minimum absolute atomic E-state index is 0.0289. The molecule has 0 bridgehead atoms. The highest BCUT2D eigenvalue weighted by Gasteiger charge is 2.18. The fraction of sp³-hybridized carbons (Fsp3) is 0.0909. The van der Waals surface area contributed by atoms with Gasteiger partial charge in [-0.3, -0.25) is 9.59 Å². The SMILES string of the molecule is N#Cc1cccc(Oc2ncccc2C(=O)NCc2ccc3c(c2)CC(=O)N3)c1. The third-order valence-corrected chi connectivity index (χ3v) is 4.44. The van der Waals surface area contributed by atoms with Crippen LogP contribution >= 0.6 is 0 Å². The molecule has 7 nitrogen and oxygen atoms in total. The van der Waals surface area contributed by atoms with E-state index in [9.17, 15) is 9.59 Å². The van der Waals surface area contributed by atoms with Gasteiger partial charge in [0.15, 0.2) is 0 Å². The van der Waals surface area contributed by atoms with Gasteiger partial charge in [-0.1, -0.05) is 18.2 Å². The average molecular weight is 384 g/mol. The summed E-state index contributed by atoms with van der Waals surface area (Å²) in [6.07, 6.45) is 1.88. The van der Waals surface area contributed by atoms with Crippen molar-refractivity contribution in [1.82, 2.24) is 10.3 Å². The Labute approximate surface area is 167 Å². The van der Waals surface area contributed by atoms with E-state index in [-0.39, 0.29) is 23.3 Å². The van der Waals surface area contributed by atoms with Gasteiger partial charge in [-0.2, -0.15) is 5.26 Å². The van der Waals surface area contributed by atoms with E-state index in [1.165, 1.54) is 6.20 Å². The van der Waals surface area contributed by atoms with Crippen LogP contribution in [0.25, 0.3) is 0 Å². The van der Waals surface area contributed by atoms with Gasteiger partial charge < -0.3 is 15.4 Å². The van der Waals surface area contributed by atoms with Crippen LogP contribution in [0, 0.1) is 11.3 Å². The van der Waals surface area contributed by atoms with Crippen LogP contribution in [0.2, 0.25) is 0 Å². The Morgan fingerprint density at radius 1 is 1.21 bits per heavy atom. The molecule has 0 radical (unpaired) electrons. The molecule has 0 unspecified atom stereocenters. The number of ether oxygens (including phenoxy) is 1. The number of hydrogen-bond donors (Lipinski definition) is 2. The lowest BCUT2D eigenvalue weighted by Crippen LogP contribution is -2.23. The fourth-order valence-corrected chi connectivity index (χ4v) is 3.06. The summed E-state index contributed by atoms with van der Waals surface area (Å²) in [6.45, 7) is 0.304. The molecule has 0 spiro atoms. The van der Waals surface area contributed by atoms with Crippen molar-refractivity contribution in [2.75, 3.05) is 5.32 Å². The number of amides is 2. The van der Waals surface area contributed by atoms with E-state index in [2.05, 4.69) is 15.6 Å². The van der Waals surface area contributed by atoms with Crippen molar-refractivity contribution < 1.29 is 14.3 Å². The van der Waals surface area contributed by atoms with Crippen molar-refractivity contribution in [3.63, 3.8) is 0 Å². The van der Waals surface area contributed by atoms with Crippen LogP contribution in [-0.4, -0.2) is 16.8 Å². The van der Waals surface area contributed by atoms with Crippen molar-refractivity contribution in [3.05, 3.63) is 83.0 Å². The zero-order valence-corrected chi connectivity index (χ0v) is 15.3. The van der Waals surface area contributed by atoms with Crippen LogP contribution in [-0.2, 0) is 17.8 Å². The van der Waals surface area contributed by atoms with E-state index in [0.29, 0.717) is 24.3 Å². The van der Waals surface area contributed by atoms with Crippen molar-refractivity contribution in [2.24, 2.45) is 0 Å². The van der Waals surface area contributed by atoms with E-state index in [4.69, 9.17) is 10.00 Å². The number of hydrogen-bond acceptors (Lipinski definition) is 5. The predicted molar refractivity (Wildman–Crippen MR) is 105 cm³/mol. The number of nitrogens with zero attached hydrogens (tertiary/aromatic N) is 2. The van der Waals surface area contributed by atoms with Crippen molar-refractivity contribution in [3.8, 4) is 17.7 Å². The second kappa shape index (κ2) is 7.82. The summed E-state index contributed by atoms with van der Waals surface area (Å²) < 4.78 is 5.73. The van der Waals surface area contributed by atoms with E-state index in [0.717, 1.165) is 16.8 Å². The molecule has 4 rings (SSSR count). The van der Waals surface area contributed by atoms with Gasteiger partial charge in [0, 0.05) is 18.4 Å². The molecule has 1 aliphatic heterocycles. The minimum Gasteiger partial charge on any atom is -0.438 e. The largest absolute Gasteiger partial charge is 0.438 e. The maximum absolute atomic E-state index is 12.7. The van der Waals surface area contributed by atoms with Crippen LogP contribution in [0.3, 0.4) is 0 Å². The first-order valence-corrected chi connectivity index (χ1v) is 8.95. The molecular weight excluding hydrogens is 368 g/mol. The predicted octanol–water partition coefficient (Wildman–Crippen LogP) is 3.17. The summed E-state index contributed by atoms with van der Waals surface area (Å²) in [4.78, 5) is 28.3. The Kier molecular flexibility index (Phi) is 4.91. The molecule has 0 saturated heterocycles. The zero-order chi connectivity index (χ0) is 20.2. The lowest BCUT2D eigenvalue weighted by molar-refractivity contribution is -0.115. The average Bonchev–Trinajstić information content (AvgIpc) is 3.12. The summed E-state index contributed by atoms with van der Waals surface area (Å²) in [7, 11) is 0. The topological polar surface area (TPSA) is 104 Å². The molecule has 0 aliphatic carbocycles. The van der Waals surface area contributed by atoms with E-state index < -0.39 is 0 Å². The number of pyridine rings is 1. The highest BCUT2D eigenvalue weighted by molar-refractivity contribution is 5.99. The molecule has 0 saturated carbocycles. The van der Waals surface area contributed by atoms with Crippen LogP contribution in [0.5, 0.6) is 11.6 Å². The number of nitrogens with one attached hydrogen (secondary N) is 2. The van der Waals surface area contributed by atoms with E-state index in [1.54, 1.807) is 36.4 Å². The maximum atomic E-state index is 12.7. The molecule has 0 fully saturated rings. The Hall–Kier alpha value is -4.18. The summed E-state index contributed by atoms with van der Waals surface area (Å²) in [5.41, 5.74) is 3.36. The second-order valence-electron chi connectivity index (χ2n) is 6.50. The molecule has 29 heavy (non-hydrogen) atoms. The first kappa shape index (κ1) is 18.2. The number of benzene rings is 2. The number of aromatic nitrogens is 1. The zero-order valence-electron chi connectivity index (χ0n) is 15.3. The molecule has 2 aromatic carbocycles. The number of rotatable bonds is 5. The third kappa shape index (κ3) is 4.06. The second-order valence-corrected chi connectivity index (χ2v) is 6.50. The molecule has 2 heterocycles. The Bertz CT molecular complexity index is 1150. The fourth-order valence-electron chi connectivity index (χ4n) is 3.06. The molecule has 3 aromatic rings. The van der Waals surface area contributed by atoms with E-state index >= 15 is 0 Å². The maximum Gasteiger partial charge on any atom is 0.257 e. The number of carbonyl (C=O) groups is 2. The minimum atomic E-state index is -0.334. The van der Waals surface area contributed by atoms with Crippen LogP contribution in [0.15, 0.2) is 60.8 Å². The van der Waals surface area contributed by atoms with Gasteiger partial charge in [0.2, 0.25) is 11.8 Å². The molecule has 142 valence electrons. The smallest absolute Gasteiger partial charge is 0.257 e. The molecule has 0 atom stereocenters. The van der Waals surface area contributed by atoms with Gasteiger partial charge in [-0.05, 0) is 47.5 Å². The number of carbonyl (C=O) groups excluding carboxylic acids is 2.